The second kappa shape index (κ2) is 8.37. The third kappa shape index (κ3) is 3.82. The zero-order valence-electron chi connectivity index (χ0n) is 17.8. The molecular weight excluding hydrogens is 408 g/mol. The van der Waals surface area contributed by atoms with Crippen molar-refractivity contribution < 1.29 is 4.74 Å². The number of benzene rings is 1. The van der Waals surface area contributed by atoms with Crippen LogP contribution in [0.3, 0.4) is 0 Å². The second-order valence-corrected chi connectivity index (χ2v) is 9.00. The van der Waals surface area contributed by atoms with Crippen molar-refractivity contribution in [1.29, 1.82) is 0 Å². The fourth-order valence-corrected chi connectivity index (χ4v) is 5.51. The maximum absolute atomic E-state index is 6.28. The van der Waals surface area contributed by atoms with Gasteiger partial charge in [-0.1, -0.05) is 12.1 Å². The number of aromatic nitrogens is 4. The van der Waals surface area contributed by atoms with Gasteiger partial charge in [-0.3, -0.25) is 4.68 Å². The number of pyridine rings is 1. The highest BCUT2D eigenvalue weighted by molar-refractivity contribution is 7.15. The summed E-state index contributed by atoms with van der Waals surface area (Å²) in [6, 6.07) is 6.34. The minimum atomic E-state index is 0.508. The van der Waals surface area contributed by atoms with Crippen LogP contribution >= 0.6 is 11.3 Å². The molecule has 1 fully saturated rings. The standard InChI is InChI=1S/C23H26N6OS/c1-25-12-20-21(14-5-7-30-8-6-14)31-23(28-20)19-11-26-22(24)18-9-15(3-4-17(18)19)16-10-27-29(2)13-16/h3-4,9-11,13-14,25H,5-8,12H2,1-2H3,(H2,24,26). The Morgan fingerprint density at radius 2 is 2.03 bits per heavy atom. The van der Waals surface area contributed by atoms with E-state index in [9.17, 15) is 0 Å². The Morgan fingerprint density at radius 1 is 1.19 bits per heavy atom. The van der Waals surface area contributed by atoms with Gasteiger partial charge in [-0.25, -0.2) is 9.97 Å². The first kappa shape index (κ1) is 20.1. The van der Waals surface area contributed by atoms with Gasteiger partial charge >= 0.3 is 0 Å². The van der Waals surface area contributed by atoms with Crippen LogP contribution in [0.2, 0.25) is 0 Å². The molecule has 5 rings (SSSR count). The van der Waals surface area contributed by atoms with E-state index < -0.39 is 0 Å². The highest BCUT2D eigenvalue weighted by atomic mass is 32.1. The van der Waals surface area contributed by atoms with Gasteiger partial charge in [0.05, 0.1) is 11.9 Å². The third-order valence-corrected chi connectivity index (χ3v) is 7.14. The molecule has 8 heteroatoms. The molecule has 1 aliphatic rings. The van der Waals surface area contributed by atoms with E-state index in [1.807, 2.05) is 32.7 Å². The molecule has 1 aromatic carbocycles. The highest BCUT2D eigenvalue weighted by Gasteiger charge is 2.24. The van der Waals surface area contributed by atoms with Crippen molar-refractivity contribution >= 4 is 27.9 Å². The van der Waals surface area contributed by atoms with Crippen LogP contribution in [0.25, 0.3) is 32.5 Å². The van der Waals surface area contributed by atoms with Gasteiger partial charge in [0.2, 0.25) is 0 Å². The smallest absolute Gasteiger partial charge is 0.131 e. The van der Waals surface area contributed by atoms with Gasteiger partial charge in [0.15, 0.2) is 0 Å². The molecule has 0 amide bonds. The lowest BCUT2D eigenvalue weighted by Gasteiger charge is -2.21. The highest BCUT2D eigenvalue weighted by Crippen LogP contribution is 2.40. The Hall–Kier alpha value is -2.81. The van der Waals surface area contributed by atoms with E-state index in [-0.39, 0.29) is 0 Å². The number of nitrogen functional groups attached to an aromatic ring is 1. The molecule has 0 atom stereocenters. The third-order valence-electron chi connectivity index (χ3n) is 5.85. The maximum atomic E-state index is 6.28. The van der Waals surface area contributed by atoms with Gasteiger partial charge in [-0.15, -0.1) is 11.3 Å². The van der Waals surface area contributed by atoms with E-state index in [4.69, 9.17) is 15.5 Å². The number of ether oxygens (including phenoxy) is 1. The van der Waals surface area contributed by atoms with Crippen molar-refractivity contribution in [3.05, 3.63) is 47.4 Å². The first-order chi connectivity index (χ1) is 15.1. The van der Waals surface area contributed by atoms with Gasteiger partial charge < -0.3 is 15.8 Å². The number of nitrogens with zero attached hydrogens (tertiary/aromatic N) is 4. The number of rotatable bonds is 5. The molecule has 0 saturated carbocycles. The summed E-state index contributed by atoms with van der Waals surface area (Å²) in [4.78, 5) is 10.9. The summed E-state index contributed by atoms with van der Waals surface area (Å²) in [5.74, 6) is 1.04. The Balaban J connectivity index is 1.60. The maximum Gasteiger partial charge on any atom is 0.131 e. The molecular formula is C23H26N6OS. The molecule has 4 aromatic rings. The van der Waals surface area contributed by atoms with Crippen molar-refractivity contribution in [2.24, 2.45) is 7.05 Å². The number of fused-ring (bicyclic) bond motifs is 1. The molecule has 4 heterocycles. The van der Waals surface area contributed by atoms with E-state index in [1.165, 1.54) is 4.88 Å². The largest absolute Gasteiger partial charge is 0.383 e. The molecule has 0 radical (unpaired) electrons. The Kier molecular flexibility index (Phi) is 5.43. The van der Waals surface area contributed by atoms with Crippen LogP contribution in [0.5, 0.6) is 0 Å². The van der Waals surface area contributed by atoms with Crippen LogP contribution in [0.4, 0.5) is 5.82 Å². The Bertz CT molecular complexity index is 1220. The minimum absolute atomic E-state index is 0.508. The molecule has 0 bridgehead atoms. The predicted molar refractivity (Wildman–Crippen MR) is 125 cm³/mol. The van der Waals surface area contributed by atoms with E-state index in [0.717, 1.165) is 70.8 Å². The number of anilines is 1. The topological polar surface area (TPSA) is 90.9 Å². The van der Waals surface area contributed by atoms with E-state index in [1.54, 1.807) is 16.0 Å². The second-order valence-electron chi connectivity index (χ2n) is 7.97. The zero-order chi connectivity index (χ0) is 21.4. The van der Waals surface area contributed by atoms with Gasteiger partial charge in [-0.05, 0) is 42.8 Å². The number of nitrogens with one attached hydrogen (secondary N) is 1. The number of hydrogen-bond acceptors (Lipinski definition) is 7. The summed E-state index contributed by atoms with van der Waals surface area (Å²) >= 11 is 1.78. The van der Waals surface area contributed by atoms with Crippen molar-refractivity contribution in [3.8, 4) is 21.7 Å². The van der Waals surface area contributed by atoms with Crippen LogP contribution in [0, 0.1) is 0 Å². The van der Waals surface area contributed by atoms with E-state index in [0.29, 0.717) is 11.7 Å². The van der Waals surface area contributed by atoms with E-state index >= 15 is 0 Å². The van der Waals surface area contributed by atoms with Crippen LogP contribution in [0.15, 0.2) is 36.8 Å². The lowest BCUT2D eigenvalue weighted by molar-refractivity contribution is 0.0858. The number of thiazole rings is 1. The van der Waals surface area contributed by atoms with Crippen LogP contribution in [-0.4, -0.2) is 40.0 Å². The summed E-state index contributed by atoms with van der Waals surface area (Å²) in [5, 5.41) is 10.6. The lowest BCUT2D eigenvalue weighted by Crippen LogP contribution is -2.16. The number of aryl methyl sites for hydroxylation is 1. The molecule has 160 valence electrons. The number of hydrogen-bond donors (Lipinski definition) is 2. The zero-order valence-corrected chi connectivity index (χ0v) is 18.6. The monoisotopic (exact) mass is 434 g/mol. The molecule has 0 spiro atoms. The molecule has 3 aromatic heterocycles. The summed E-state index contributed by atoms with van der Waals surface area (Å²) < 4.78 is 7.37. The molecule has 0 aliphatic carbocycles. The van der Waals surface area contributed by atoms with Gasteiger partial charge in [-0.2, -0.15) is 5.10 Å². The molecule has 1 aliphatic heterocycles. The van der Waals surface area contributed by atoms with E-state index in [2.05, 4.69) is 33.6 Å². The molecule has 0 unspecified atom stereocenters. The molecule has 31 heavy (non-hydrogen) atoms. The van der Waals surface area contributed by atoms with Crippen molar-refractivity contribution in [1.82, 2.24) is 25.1 Å². The Morgan fingerprint density at radius 3 is 2.77 bits per heavy atom. The number of nitrogens with two attached hydrogens (primary N) is 1. The van der Waals surface area contributed by atoms with Gasteiger partial charge in [0.1, 0.15) is 10.8 Å². The summed E-state index contributed by atoms with van der Waals surface area (Å²) in [6.07, 6.45) is 7.82. The SMILES string of the molecule is CNCc1nc(-c2cnc(N)c3cc(-c4cnn(C)c4)ccc23)sc1C1CCOCC1. The quantitative estimate of drug-likeness (QED) is 0.494. The summed E-state index contributed by atoms with van der Waals surface area (Å²) in [5.41, 5.74) is 10.6. The average molecular weight is 435 g/mol. The summed E-state index contributed by atoms with van der Waals surface area (Å²) in [6.45, 7) is 2.40. The Labute approximate surface area is 185 Å². The minimum Gasteiger partial charge on any atom is -0.383 e. The van der Waals surface area contributed by atoms with Crippen LogP contribution in [-0.2, 0) is 18.3 Å². The molecule has 3 N–H and O–H groups in total. The molecule has 1 saturated heterocycles. The first-order valence-electron chi connectivity index (χ1n) is 10.5. The van der Waals surface area contributed by atoms with Crippen molar-refractivity contribution in [2.75, 3.05) is 26.0 Å². The van der Waals surface area contributed by atoms with Crippen molar-refractivity contribution in [3.63, 3.8) is 0 Å². The van der Waals surface area contributed by atoms with Crippen molar-refractivity contribution in [2.45, 2.75) is 25.3 Å². The average Bonchev–Trinajstić information content (AvgIpc) is 3.41. The first-order valence-corrected chi connectivity index (χ1v) is 11.3. The predicted octanol–water partition coefficient (Wildman–Crippen LogP) is 3.95. The fraction of sp³-hybridized carbons (Fsp3) is 0.348. The normalized spacial score (nSPS) is 15.0. The van der Waals surface area contributed by atoms with Crippen LogP contribution < -0.4 is 11.1 Å². The summed E-state index contributed by atoms with van der Waals surface area (Å²) in [7, 11) is 3.88. The lowest BCUT2D eigenvalue weighted by atomic mass is 9.97. The fourth-order valence-electron chi connectivity index (χ4n) is 4.24. The van der Waals surface area contributed by atoms with Crippen LogP contribution in [0.1, 0.15) is 29.3 Å². The molecule has 7 nitrogen and oxygen atoms in total. The van der Waals surface area contributed by atoms with Gasteiger partial charge in [0.25, 0.3) is 0 Å². The van der Waals surface area contributed by atoms with Gasteiger partial charge in [0, 0.05) is 60.6 Å².